The third kappa shape index (κ3) is 2.43. The molecule has 1 fully saturated rings. The second-order valence-electron chi connectivity index (χ2n) is 6.17. The van der Waals surface area contributed by atoms with Gasteiger partial charge in [-0.05, 0) is 66.5 Å². The van der Waals surface area contributed by atoms with Crippen LogP contribution in [-0.2, 0) is 6.42 Å². The number of hydrogen-bond acceptors (Lipinski definition) is 2. The van der Waals surface area contributed by atoms with E-state index in [0.717, 1.165) is 16.8 Å². The normalized spacial score (nSPS) is 14.4. The molecule has 0 amide bonds. The minimum absolute atomic E-state index is 0.104. The zero-order valence-electron chi connectivity index (χ0n) is 12.6. The highest BCUT2D eigenvalue weighted by molar-refractivity contribution is 5.95. The maximum Gasteiger partial charge on any atom is 0.161 e. The van der Waals surface area contributed by atoms with E-state index in [9.17, 15) is 4.79 Å². The van der Waals surface area contributed by atoms with Crippen molar-refractivity contribution < 1.29 is 4.79 Å². The molecule has 2 heterocycles. The summed E-state index contributed by atoms with van der Waals surface area (Å²) < 4.78 is 0. The molecule has 0 unspecified atom stereocenters. The second kappa shape index (κ2) is 5.09. The minimum Gasteiger partial charge on any atom is -0.361 e. The lowest BCUT2D eigenvalue weighted by atomic mass is 9.99. The van der Waals surface area contributed by atoms with Crippen LogP contribution in [0.25, 0.3) is 10.9 Å². The van der Waals surface area contributed by atoms with Crippen molar-refractivity contribution in [3.05, 3.63) is 65.1 Å². The Hall–Kier alpha value is -2.42. The number of Topliss-reactive ketones (excluding diaryl/α,β-unsaturated/α-hetero) is 1. The van der Waals surface area contributed by atoms with Gasteiger partial charge in [-0.25, -0.2) is 0 Å². The van der Waals surface area contributed by atoms with Gasteiger partial charge in [0, 0.05) is 29.9 Å². The lowest BCUT2D eigenvalue weighted by Crippen LogP contribution is -2.05. The fourth-order valence-electron chi connectivity index (χ4n) is 3.00. The van der Waals surface area contributed by atoms with Crippen LogP contribution in [0, 0.1) is 0 Å². The Bertz CT molecular complexity index is 859. The van der Waals surface area contributed by atoms with Crippen LogP contribution in [-0.4, -0.2) is 15.8 Å². The van der Waals surface area contributed by atoms with Gasteiger partial charge in [0.15, 0.2) is 5.78 Å². The van der Waals surface area contributed by atoms with Gasteiger partial charge in [-0.1, -0.05) is 6.07 Å². The van der Waals surface area contributed by atoms with Crippen molar-refractivity contribution in [1.29, 1.82) is 0 Å². The highest BCUT2D eigenvalue weighted by Crippen LogP contribution is 2.40. The first kappa shape index (κ1) is 13.3. The number of aromatic nitrogens is 2. The third-order valence-corrected chi connectivity index (χ3v) is 4.41. The quantitative estimate of drug-likeness (QED) is 0.731. The highest BCUT2D eigenvalue weighted by atomic mass is 16.1. The molecule has 0 radical (unpaired) electrons. The SMILES string of the molecule is CC(=O)c1cc(C2CC2)cnc1Cc1ccc2[nH]ccc2c1. The summed E-state index contributed by atoms with van der Waals surface area (Å²) in [6.07, 6.45) is 7.04. The Balaban J connectivity index is 1.70. The van der Waals surface area contributed by atoms with Crippen molar-refractivity contribution >= 4 is 16.7 Å². The minimum atomic E-state index is 0.104. The van der Waals surface area contributed by atoms with Crippen LogP contribution in [0.2, 0.25) is 0 Å². The molecule has 4 rings (SSSR count). The van der Waals surface area contributed by atoms with Crippen LogP contribution in [0.4, 0.5) is 0 Å². The molecule has 1 aromatic carbocycles. The zero-order chi connectivity index (χ0) is 15.1. The number of fused-ring (bicyclic) bond motifs is 1. The van der Waals surface area contributed by atoms with E-state index in [1.165, 1.54) is 29.4 Å². The van der Waals surface area contributed by atoms with E-state index in [1.54, 1.807) is 6.92 Å². The molecule has 2 aromatic heterocycles. The van der Waals surface area contributed by atoms with E-state index in [4.69, 9.17) is 0 Å². The van der Waals surface area contributed by atoms with Gasteiger partial charge in [-0.2, -0.15) is 0 Å². The Kier molecular flexibility index (Phi) is 3.07. The fraction of sp³-hybridized carbons (Fsp3) is 0.263. The summed E-state index contributed by atoms with van der Waals surface area (Å²) in [5, 5.41) is 1.19. The van der Waals surface area contributed by atoms with Gasteiger partial charge < -0.3 is 4.98 Å². The number of nitrogens with zero attached hydrogens (tertiary/aromatic N) is 1. The summed E-state index contributed by atoms with van der Waals surface area (Å²) in [5.74, 6) is 0.726. The van der Waals surface area contributed by atoms with E-state index >= 15 is 0 Å². The van der Waals surface area contributed by atoms with E-state index < -0.39 is 0 Å². The van der Waals surface area contributed by atoms with Gasteiger partial charge in [0.05, 0.1) is 5.69 Å². The zero-order valence-corrected chi connectivity index (χ0v) is 12.6. The van der Waals surface area contributed by atoms with Gasteiger partial charge in [-0.15, -0.1) is 0 Å². The first-order valence-corrected chi connectivity index (χ1v) is 7.76. The lowest BCUT2D eigenvalue weighted by molar-refractivity contribution is 0.101. The molecule has 0 atom stereocenters. The molecule has 3 nitrogen and oxygen atoms in total. The van der Waals surface area contributed by atoms with Crippen LogP contribution < -0.4 is 0 Å². The summed E-state index contributed by atoms with van der Waals surface area (Å²) in [4.78, 5) is 19.8. The first-order valence-electron chi connectivity index (χ1n) is 7.76. The number of carbonyl (C=O) groups is 1. The maximum absolute atomic E-state index is 12.0. The smallest absolute Gasteiger partial charge is 0.161 e. The summed E-state index contributed by atoms with van der Waals surface area (Å²) in [7, 11) is 0. The molecule has 110 valence electrons. The van der Waals surface area contributed by atoms with Gasteiger partial charge in [0.25, 0.3) is 0 Å². The Morgan fingerprint density at radius 1 is 1.27 bits per heavy atom. The van der Waals surface area contributed by atoms with Crippen LogP contribution in [0.1, 0.15) is 52.9 Å². The predicted molar refractivity (Wildman–Crippen MR) is 87.3 cm³/mol. The Labute approximate surface area is 129 Å². The van der Waals surface area contributed by atoms with Crippen molar-refractivity contribution in [3.8, 4) is 0 Å². The molecule has 1 aliphatic rings. The number of benzene rings is 1. The summed E-state index contributed by atoms with van der Waals surface area (Å²) in [6.45, 7) is 1.63. The average Bonchev–Trinajstić information content (AvgIpc) is 3.25. The van der Waals surface area contributed by atoms with E-state index in [2.05, 4.69) is 40.3 Å². The monoisotopic (exact) mass is 290 g/mol. The predicted octanol–water partition coefficient (Wildman–Crippen LogP) is 4.23. The number of carbonyl (C=O) groups excluding carboxylic acids is 1. The molecule has 3 aromatic rings. The van der Waals surface area contributed by atoms with E-state index in [0.29, 0.717) is 12.3 Å². The lowest BCUT2D eigenvalue weighted by Gasteiger charge is -2.09. The first-order chi connectivity index (χ1) is 10.7. The summed E-state index contributed by atoms with van der Waals surface area (Å²) in [6, 6.07) is 10.5. The van der Waals surface area contributed by atoms with Crippen molar-refractivity contribution in [2.24, 2.45) is 0 Å². The molecule has 0 aliphatic heterocycles. The molecule has 22 heavy (non-hydrogen) atoms. The standard InChI is InChI=1S/C19H18N2O/c1-12(22)17-10-16(14-3-4-14)11-21-19(17)9-13-2-5-18-15(8-13)6-7-20-18/h2,5-8,10-11,14,20H,3-4,9H2,1H3. The van der Waals surface area contributed by atoms with E-state index in [1.807, 2.05) is 12.4 Å². The average molecular weight is 290 g/mol. The van der Waals surface area contributed by atoms with Crippen molar-refractivity contribution in [2.75, 3.05) is 0 Å². The summed E-state index contributed by atoms with van der Waals surface area (Å²) >= 11 is 0. The number of nitrogens with one attached hydrogen (secondary N) is 1. The van der Waals surface area contributed by atoms with Gasteiger partial charge >= 0.3 is 0 Å². The molecule has 1 N–H and O–H groups in total. The molecular formula is C19H18N2O. The molecule has 0 bridgehead atoms. The van der Waals surface area contributed by atoms with Crippen LogP contribution in [0.3, 0.4) is 0 Å². The molecule has 0 saturated heterocycles. The number of H-pyrrole nitrogens is 1. The molecule has 1 saturated carbocycles. The van der Waals surface area contributed by atoms with Crippen LogP contribution in [0.15, 0.2) is 42.7 Å². The van der Waals surface area contributed by atoms with Gasteiger partial charge in [0.2, 0.25) is 0 Å². The third-order valence-electron chi connectivity index (χ3n) is 4.41. The van der Waals surface area contributed by atoms with Crippen molar-refractivity contribution in [2.45, 2.75) is 32.1 Å². The largest absolute Gasteiger partial charge is 0.361 e. The summed E-state index contributed by atoms with van der Waals surface area (Å²) in [5.41, 5.74) is 5.19. The Morgan fingerprint density at radius 3 is 2.91 bits per heavy atom. The maximum atomic E-state index is 12.0. The van der Waals surface area contributed by atoms with Crippen molar-refractivity contribution in [3.63, 3.8) is 0 Å². The molecule has 0 spiro atoms. The highest BCUT2D eigenvalue weighted by Gasteiger charge is 2.25. The molecular weight excluding hydrogens is 272 g/mol. The van der Waals surface area contributed by atoms with Crippen LogP contribution >= 0.6 is 0 Å². The number of pyridine rings is 1. The number of ketones is 1. The fourth-order valence-corrected chi connectivity index (χ4v) is 3.00. The molecule has 3 heteroatoms. The number of hydrogen-bond donors (Lipinski definition) is 1. The Morgan fingerprint density at radius 2 is 2.14 bits per heavy atom. The van der Waals surface area contributed by atoms with Gasteiger partial charge in [-0.3, -0.25) is 9.78 Å². The van der Waals surface area contributed by atoms with Crippen molar-refractivity contribution in [1.82, 2.24) is 9.97 Å². The van der Waals surface area contributed by atoms with E-state index in [-0.39, 0.29) is 5.78 Å². The van der Waals surface area contributed by atoms with Crippen LogP contribution in [0.5, 0.6) is 0 Å². The molecule has 1 aliphatic carbocycles. The van der Waals surface area contributed by atoms with Gasteiger partial charge in [0.1, 0.15) is 0 Å². The topological polar surface area (TPSA) is 45.8 Å². The second-order valence-corrected chi connectivity index (χ2v) is 6.17. The number of rotatable bonds is 4. The number of aromatic amines is 1.